The van der Waals surface area contributed by atoms with E-state index in [0.29, 0.717) is 34.5 Å². The molecule has 3 aromatic rings. The van der Waals surface area contributed by atoms with Gasteiger partial charge in [-0.2, -0.15) is 9.57 Å². The van der Waals surface area contributed by atoms with Gasteiger partial charge in [0, 0.05) is 17.6 Å². The number of benzene rings is 2. The van der Waals surface area contributed by atoms with E-state index in [1.54, 1.807) is 24.3 Å². The number of hydrogen-bond donors (Lipinski definition) is 2. The van der Waals surface area contributed by atoms with Gasteiger partial charge in [-0.3, -0.25) is 0 Å². The number of para-hydroxylation sites is 2. The lowest BCUT2D eigenvalue weighted by Crippen LogP contribution is -2.37. The van der Waals surface area contributed by atoms with E-state index >= 15 is 0 Å². The minimum Gasteiger partial charge on any atom is -0.507 e. The van der Waals surface area contributed by atoms with Gasteiger partial charge >= 0.3 is 5.97 Å². The molecule has 2 aromatic carbocycles. The van der Waals surface area contributed by atoms with Crippen molar-refractivity contribution in [2.45, 2.75) is 24.7 Å². The van der Waals surface area contributed by atoms with Gasteiger partial charge in [-0.05, 0) is 49.1 Å². The number of aromatic amines is 1. The summed E-state index contributed by atoms with van der Waals surface area (Å²) in [4.78, 5) is 19.9. The Morgan fingerprint density at radius 2 is 2.00 bits per heavy atom. The number of aliphatic hydroxyl groups is 1. The maximum Gasteiger partial charge on any atom is 0.338 e. The van der Waals surface area contributed by atoms with Crippen molar-refractivity contribution in [3.05, 3.63) is 64.1 Å². The van der Waals surface area contributed by atoms with Crippen LogP contribution < -0.4 is 0 Å². The molecule has 2 N–H and O–H groups in total. The number of nitrogens with one attached hydrogen (secondary N) is 1. The summed E-state index contributed by atoms with van der Waals surface area (Å²) >= 11 is 3.26. The summed E-state index contributed by atoms with van der Waals surface area (Å²) in [6.45, 7) is 2.35. The number of ether oxygens (including phenoxy) is 1. The van der Waals surface area contributed by atoms with Crippen molar-refractivity contribution in [3.63, 3.8) is 0 Å². The summed E-state index contributed by atoms with van der Waals surface area (Å²) < 4.78 is 33.2. The van der Waals surface area contributed by atoms with E-state index in [-0.39, 0.29) is 21.9 Å². The van der Waals surface area contributed by atoms with Crippen LogP contribution in [-0.4, -0.2) is 53.5 Å². The topological polar surface area (TPSA) is 136 Å². The molecule has 1 aliphatic rings. The predicted octanol–water partition coefficient (Wildman–Crippen LogP) is 4.40. The second-order valence-electron chi connectivity index (χ2n) is 8.37. The Morgan fingerprint density at radius 1 is 1.29 bits per heavy atom. The molecule has 4 rings (SSSR count). The van der Waals surface area contributed by atoms with E-state index in [0.717, 1.165) is 12.8 Å². The molecule has 1 fully saturated rings. The van der Waals surface area contributed by atoms with Gasteiger partial charge in [0.05, 0.1) is 21.5 Å². The van der Waals surface area contributed by atoms with Gasteiger partial charge in [0.2, 0.25) is 10.0 Å². The van der Waals surface area contributed by atoms with Crippen LogP contribution in [0.2, 0.25) is 0 Å². The third-order valence-electron chi connectivity index (χ3n) is 5.85. The van der Waals surface area contributed by atoms with Gasteiger partial charge in [-0.1, -0.05) is 35.0 Å². The van der Waals surface area contributed by atoms with E-state index in [2.05, 4.69) is 32.8 Å². The monoisotopic (exact) mass is 558 g/mol. The molecule has 0 radical (unpaired) electrons. The molecule has 0 bridgehead atoms. The summed E-state index contributed by atoms with van der Waals surface area (Å²) in [5.41, 5.74) is 1.14. The Balaban J connectivity index is 1.52. The fourth-order valence-electron chi connectivity index (χ4n) is 3.82. The van der Waals surface area contributed by atoms with Gasteiger partial charge in [0.25, 0.3) is 0 Å². The maximum atomic E-state index is 13.1. The minimum absolute atomic E-state index is 0.00151. The molecule has 0 aliphatic carbocycles. The SMILES string of the molecule is CC1CCN(S(=O)(=O)c2cc(Br)cc(C(=O)OCC(O)=C(C#N)c3nc4ccccc4[nH]3)c2)CC1. The molecule has 1 aliphatic heterocycles. The number of aromatic nitrogens is 2. The second-order valence-corrected chi connectivity index (χ2v) is 11.2. The lowest BCUT2D eigenvalue weighted by Gasteiger charge is -2.29. The zero-order valence-corrected chi connectivity index (χ0v) is 21.3. The largest absolute Gasteiger partial charge is 0.507 e. The zero-order chi connectivity index (χ0) is 25.2. The summed E-state index contributed by atoms with van der Waals surface area (Å²) in [5, 5.41) is 19.9. The predicted molar refractivity (Wildman–Crippen MR) is 133 cm³/mol. The van der Waals surface area contributed by atoms with Crippen LogP contribution in [0, 0.1) is 17.2 Å². The van der Waals surface area contributed by atoms with Crippen LogP contribution in [0.5, 0.6) is 0 Å². The number of hydrogen-bond acceptors (Lipinski definition) is 7. The number of esters is 1. The first kappa shape index (κ1) is 24.9. The highest BCUT2D eigenvalue weighted by molar-refractivity contribution is 9.10. The third kappa shape index (κ3) is 5.40. The van der Waals surface area contributed by atoms with Crippen LogP contribution in [0.4, 0.5) is 0 Å². The number of rotatable bonds is 6. The molecule has 1 aromatic heterocycles. The van der Waals surface area contributed by atoms with E-state index in [9.17, 15) is 23.6 Å². The van der Waals surface area contributed by atoms with Crippen molar-refractivity contribution >= 4 is 48.5 Å². The first-order chi connectivity index (χ1) is 16.7. The number of nitrogens with zero attached hydrogens (tertiary/aromatic N) is 3. The second kappa shape index (κ2) is 10.2. The molecular formula is C24H23BrN4O5S. The van der Waals surface area contributed by atoms with Crippen molar-refractivity contribution in [1.82, 2.24) is 14.3 Å². The number of imidazole rings is 1. The number of carbonyl (C=O) groups is 1. The van der Waals surface area contributed by atoms with Crippen LogP contribution in [-0.2, 0) is 14.8 Å². The van der Waals surface area contributed by atoms with E-state index in [1.807, 2.05) is 6.07 Å². The van der Waals surface area contributed by atoms with Crippen molar-refractivity contribution in [1.29, 1.82) is 5.26 Å². The molecular weight excluding hydrogens is 536 g/mol. The van der Waals surface area contributed by atoms with E-state index in [1.165, 1.54) is 22.5 Å². The van der Waals surface area contributed by atoms with Crippen molar-refractivity contribution in [3.8, 4) is 6.07 Å². The van der Waals surface area contributed by atoms with Crippen molar-refractivity contribution in [2.75, 3.05) is 19.7 Å². The number of nitriles is 1. The molecule has 0 unspecified atom stereocenters. The fourth-order valence-corrected chi connectivity index (χ4v) is 6.00. The smallest absolute Gasteiger partial charge is 0.338 e. The number of piperidine rings is 1. The highest BCUT2D eigenvalue weighted by atomic mass is 79.9. The van der Waals surface area contributed by atoms with Gasteiger partial charge in [-0.25, -0.2) is 18.2 Å². The van der Waals surface area contributed by atoms with E-state index in [4.69, 9.17) is 4.74 Å². The first-order valence-corrected chi connectivity index (χ1v) is 13.2. The first-order valence-electron chi connectivity index (χ1n) is 10.9. The molecule has 1 saturated heterocycles. The number of fused-ring (bicyclic) bond motifs is 1. The van der Waals surface area contributed by atoms with Crippen LogP contribution in [0.15, 0.2) is 57.6 Å². The minimum atomic E-state index is -3.78. The van der Waals surface area contributed by atoms with Crippen molar-refractivity contribution in [2.24, 2.45) is 5.92 Å². The zero-order valence-electron chi connectivity index (χ0n) is 18.9. The molecule has 35 heavy (non-hydrogen) atoms. The standard InChI is InChI=1S/C24H23BrN4O5S/c1-15-6-8-29(9-7-15)35(32,33)18-11-16(10-17(25)12-18)24(31)34-14-22(30)19(13-26)23-27-20-4-2-3-5-21(20)28-23/h2-5,10-12,15,30H,6-9,14H2,1H3,(H,27,28). The Hall–Kier alpha value is -3.20. The van der Waals surface area contributed by atoms with Crippen LogP contribution in [0.1, 0.15) is 35.9 Å². The Labute approximate surface area is 211 Å². The number of sulfonamides is 1. The molecule has 0 atom stereocenters. The van der Waals surface area contributed by atoms with Crippen molar-refractivity contribution < 1.29 is 23.1 Å². The number of halogens is 1. The number of carbonyl (C=O) groups excluding carboxylic acids is 1. The summed E-state index contributed by atoms with van der Waals surface area (Å²) in [6.07, 6.45) is 1.56. The highest BCUT2D eigenvalue weighted by Gasteiger charge is 2.29. The molecule has 0 saturated carbocycles. The van der Waals surface area contributed by atoms with Crippen LogP contribution in [0.25, 0.3) is 16.6 Å². The third-order valence-corrected chi connectivity index (χ3v) is 8.19. The molecule has 182 valence electrons. The van der Waals surface area contributed by atoms with Gasteiger partial charge < -0.3 is 14.8 Å². The molecule has 0 amide bonds. The van der Waals surface area contributed by atoms with Crippen LogP contribution in [0.3, 0.4) is 0 Å². The average Bonchev–Trinajstić information content (AvgIpc) is 3.26. The number of aliphatic hydroxyl groups excluding tert-OH is 1. The molecule has 9 nitrogen and oxygen atoms in total. The van der Waals surface area contributed by atoms with E-state index < -0.39 is 28.4 Å². The molecule has 2 heterocycles. The highest BCUT2D eigenvalue weighted by Crippen LogP contribution is 2.27. The lowest BCUT2D eigenvalue weighted by molar-refractivity contribution is 0.0502. The number of H-pyrrole nitrogens is 1. The Kier molecular flexibility index (Phi) is 7.25. The molecule has 11 heteroatoms. The van der Waals surface area contributed by atoms with Gasteiger partial charge in [0.15, 0.2) is 11.6 Å². The average molecular weight is 559 g/mol. The Morgan fingerprint density at radius 3 is 2.69 bits per heavy atom. The normalized spacial score (nSPS) is 16.0. The van der Waals surface area contributed by atoms with Gasteiger partial charge in [0.1, 0.15) is 18.2 Å². The quantitative estimate of drug-likeness (QED) is 0.260. The fraction of sp³-hybridized carbons (Fsp3) is 0.292. The maximum absolute atomic E-state index is 13.1. The van der Waals surface area contributed by atoms with Gasteiger partial charge in [-0.15, -0.1) is 0 Å². The van der Waals surface area contributed by atoms with Crippen LogP contribution >= 0.6 is 15.9 Å². The Bertz CT molecular complexity index is 1420. The molecule has 0 spiro atoms. The lowest BCUT2D eigenvalue weighted by atomic mass is 10.0. The summed E-state index contributed by atoms with van der Waals surface area (Å²) in [7, 11) is -3.78. The summed E-state index contributed by atoms with van der Waals surface area (Å²) in [6, 6.07) is 13.1. The summed E-state index contributed by atoms with van der Waals surface area (Å²) in [5.74, 6) is -0.712. The number of allylic oxidation sites excluding steroid dienone is 1.